The molecular formula is C16H25N3. The maximum Gasteiger partial charge on any atom is 0.0237 e. The first kappa shape index (κ1) is 13.1. The van der Waals surface area contributed by atoms with Crippen molar-refractivity contribution in [3.63, 3.8) is 0 Å². The van der Waals surface area contributed by atoms with E-state index in [0.29, 0.717) is 0 Å². The average molecular weight is 259 g/mol. The van der Waals surface area contributed by atoms with Crippen molar-refractivity contribution < 1.29 is 0 Å². The lowest BCUT2D eigenvalue weighted by Crippen LogP contribution is -2.30. The van der Waals surface area contributed by atoms with Crippen molar-refractivity contribution >= 4 is 0 Å². The molecule has 0 aliphatic carbocycles. The lowest BCUT2D eigenvalue weighted by molar-refractivity contribution is 0.268. The SMILES string of the molecule is CN1CCCN(Cc2cccc3c2CCNC3)CC1. The Balaban J connectivity index is 1.72. The van der Waals surface area contributed by atoms with Crippen LogP contribution in [0.15, 0.2) is 18.2 Å². The van der Waals surface area contributed by atoms with E-state index < -0.39 is 0 Å². The molecule has 3 rings (SSSR count). The van der Waals surface area contributed by atoms with E-state index in [0.717, 1.165) is 19.6 Å². The van der Waals surface area contributed by atoms with Gasteiger partial charge in [-0.2, -0.15) is 0 Å². The number of nitrogens with one attached hydrogen (secondary N) is 1. The molecule has 0 unspecified atom stereocenters. The van der Waals surface area contributed by atoms with E-state index in [4.69, 9.17) is 0 Å². The number of fused-ring (bicyclic) bond motifs is 1. The van der Waals surface area contributed by atoms with Crippen molar-refractivity contribution in [2.24, 2.45) is 0 Å². The van der Waals surface area contributed by atoms with Gasteiger partial charge < -0.3 is 10.2 Å². The maximum absolute atomic E-state index is 3.47. The molecule has 0 saturated carbocycles. The highest BCUT2D eigenvalue weighted by molar-refractivity contribution is 5.37. The summed E-state index contributed by atoms with van der Waals surface area (Å²) in [6, 6.07) is 6.84. The Kier molecular flexibility index (Phi) is 4.16. The summed E-state index contributed by atoms with van der Waals surface area (Å²) < 4.78 is 0. The van der Waals surface area contributed by atoms with Gasteiger partial charge in [0.1, 0.15) is 0 Å². The van der Waals surface area contributed by atoms with Crippen LogP contribution in [-0.4, -0.2) is 49.6 Å². The molecule has 0 amide bonds. The molecule has 3 nitrogen and oxygen atoms in total. The highest BCUT2D eigenvalue weighted by Gasteiger charge is 2.16. The summed E-state index contributed by atoms with van der Waals surface area (Å²) in [6.45, 7) is 8.21. The lowest BCUT2D eigenvalue weighted by Gasteiger charge is -2.25. The second-order valence-corrected chi connectivity index (χ2v) is 5.91. The third kappa shape index (κ3) is 3.16. The highest BCUT2D eigenvalue weighted by Crippen LogP contribution is 2.20. The van der Waals surface area contributed by atoms with Gasteiger partial charge in [0, 0.05) is 26.2 Å². The first-order valence-corrected chi connectivity index (χ1v) is 7.54. The number of benzene rings is 1. The van der Waals surface area contributed by atoms with Crippen molar-refractivity contribution in [1.29, 1.82) is 0 Å². The van der Waals surface area contributed by atoms with Gasteiger partial charge in [-0.05, 0) is 56.2 Å². The van der Waals surface area contributed by atoms with Gasteiger partial charge in [-0.1, -0.05) is 18.2 Å². The molecule has 0 aromatic heterocycles. The second-order valence-electron chi connectivity index (χ2n) is 5.91. The second kappa shape index (κ2) is 6.04. The van der Waals surface area contributed by atoms with Crippen LogP contribution < -0.4 is 5.32 Å². The van der Waals surface area contributed by atoms with Crippen LogP contribution in [0.2, 0.25) is 0 Å². The van der Waals surface area contributed by atoms with Gasteiger partial charge in [0.25, 0.3) is 0 Å². The van der Waals surface area contributed by atoms with Crippen LogP contribution in [0.25, 0.3) is 0 Å². The summed E-state index contributed by atoms with van der Waals surface area (Å²) in [5, 5.41) is 3.47. The smallest absolute Gasteiger partial charge is 0.0237 e. The Morgan fingerprint density at radius 1 is 1.16 bits per heavy atom. The summed E-state index contributed by atoms with van der Waals surface area (Å²) in [5.41, 5.74) is 4.68. The number of nitrogens with zero attached hydrogens (tertiary/aromatic N) is 2. The van der Waals surface area contributed by atoms with Gasteiger partial charge in [0.05, 0.1) is 0 Å². The molecule has 1 aromatic carbocycles. The lowest BCUT2D eigenvalue weighted by atomic mass is 9.95. The largest absolute Gasteiger partial charge is 0.312 e. The fraction of sp³-hybridized carbons (Fsp3) is 0.625. The first-order valence-electron chi connectivity index (χ1n) is 7.54. The quantitative estimate of drug-likeness (QED) is 0.868. The Morgan fingerprint density at radius 2 is 2.11 bits per heavy atom. The van der Waals surface area contributed by atoms with Crippen molar-refractivity contribution in [1.82, 2.24) is 15.1 Å². The monoisotopic (exact) mass is 259 g/mol. The zero-order valence-electron chi connectivity index (χ0n) is 12.0. The molecule has 0 atom stereocenters. The normalized spacial score (nSPS) is 21.9. The predicted octanol–water partition coefficient (Wildman–Crippen LogP) is 1.47. The zero-order chi connectivity index (χ0) is 13.1. The van der Waals surface area contributed by atoms with E-state index in [2.05, 4.69) is 40.4 Å². The van der Waals surface area contributed by atoms with E-state index in [9.17, 15) is 0 Å². The Morgan fingerprint density at radius 3 is 3.05 bits per heavy atom. The molecule has 3 heteroatoms. The van der Waals surface area contributed by atoms with E-state index >= 15 is 0 Å². The predicted molar refractivity (Wildman–Crippen MR) is 79.2 cm³/mol. The maximum atomic E-state index is 3.47. The van der Waals surface area contributed by atoms with Crippen molar-refractivity contribution in [2.75, 3.05) is 39.8 Å². The van der Waals surface area contributed by atoms with Crippen molar-refractivity contribution in [2.45, 2.75) is 25.9 Å². The first-order chi connectivity index (χ1) is 9.33. The van der Waals surface area contributed by atoms with Crippen LogP contribution >= 0.6 is 0 Å². The van der Waals surface area contributed by atoms with Gasteiger partial charge in [-0.15, -0.1) is 0 Å². The minimum absolute atomic E-state index is 1.05. The molecule has 0 radical (unpaired) electrons. The summed E-state index contributed by atoms with van der Waals surface area (Å²) >= 11 is 0. The highest BCUT2D eigenvalue weighted by atomic mass is 15.2. The minimum Gasteiger partial charge on any atom is -0.312 e. The minimum atomic E-state index is 1.05. The van der Waals surface area contributed by atoms with Gasteiger partial charge in [0.15, 0.2) is 0 Å². The number of hydrogen-bond donors (Lipinski definition) is 1. The molecule has 0 bridgehead atoms. The summed E-state index contributed by atoms with van der Waals surface area (Å²) in [4.78, 5) is 5.07. The van der Waals surface area contributed by atoms with Gasteiger partial charge >= 0.3 is 0 Å². The zero-order valence-corrected chi connectivity index (χ0v) is 12.0. The van der Waals surface area contributed by atoms with Crippen molar-refractivity contribution in [3.05, 3.63) is 34.9 Å². The van der Waals surface area contributed by atoms with Crippen LogP contribution in [0.1, 0.15) is 23.1 Å². The molecule has 2 heterocycles. The van der Waals surface area contributed by atoms with Crippen LogP contribution in [0.3, 0.4) is 0 Å². The topological polar surface area (TPSA) is 18.5 Å². The molecule has 19 heavy (non-hydrogen) atoms. The third-order valence-corrected chi connectivity index (χ3v) is 4.44. The fourth-order valence-corrected chi connectivity index (χ4v) is 3.26. The molecule has 1 fully saturated rings. The number of rotatable bonds is 2. The molecular weight excluding hydrogens is 234 g/mol. The molecule has 2 aliphatic heterocycles. The van der Waals surface area contributed by atoms with Crippen LogP contribution in [0, 0.1) is 0 Å². The van der Waals surface area contributed by atoms with E-state index in [1.54, 1.807) is 11.1 Å². The molecule has 1 aromatic rings. The Bertz CT molecular complexity index is 430. The Hall–Kier alpha value is -0.900. The van der Waals surface area contributed by atoms with E-state index in [1.807, 2.05) is 0 Å². The van der Waals surface area contributed by atoms with Gasteiger partial charge in [-0.25, -0.2) is 0 Å². The summed E-state index contributed by atoms with van der Waals surface area (Å²) in [5.74, 6) is 0. The van der Waals surface area contributed by atoms with Crippen LogP contribution in [0.5, 0.6) is 0 Å². The molecule has 1 saturated heterocycles. The standard InChI is InChI=1S/C16H25N3/c1-18-8-3-9-19(11-10-18)13-15-5-2-4-14-12-17-7-6-16(14)15/h2,4-5,17H,3,6-13H2,1H3. The third-order valence-electron chi connectivity index (χ3n) is 4.44. The van der Waals surface area contributed by atoms with Gasteiger partial charge in [-0.3, -0.25) is 4.90 Å². The number of likely N-dealkylation sites (N-methyl/N-ethyl adjacent to an activating group) is 1. The fourth-order valence-electron chi connectivity index (χ4n) is 3.26. The molecule has 2 aliphatic rings. The average Bonchev–Trinajstić information content (AvgIpc) is 2.64. The summed E-state index contributed by atoms with van der Waals surface area (Å²) in [7, 11) is 2.24. The van der Waals surface area contributed by atoms with Gasteiger partial charge in [0.2, 0.25) is 0 Å². The van der Waals surface area contributed by atoms with E-state index in [-0.39, 0.29) is 0 Å². The Labute approximate surface area is 116 Å². The summed E-state index contributed by atoms with van der Waals surface area (Å²) in [6.07, 6.45) is 2.49. The molecule has 0 spiro atoms. The molecule has 1 N–H and O–H groups in total. The van der Waals surface area contributed by atoms with E-state index in [1.165, 1.54) is 44.6 Å². The number of hydrogen-bond acceptors (Lipinski definition) is 3. The van der Waals surface area contributed by atoms with Crippen LogP contribution in [0.4, 0.5) is 0 Å². The van der Waals surface area contributed by atoms with Crippen molar-refractivity contribution in [3.8, 4) is 0 Å². The van der Waals surface area contributed by atoms with Crippen LogP contribution in [-0.2, 0) is 19.5 Å². The molecule has 104 valence electrons.